The van der Waals surface area contributed by atoms with Crippen LogP contribution in [0.1, 0.15) is 18.1 Å². The average molecular weight is 330 g/mol. The minimum atomic E-state index is 0.168. The van der Waals surface area contributed by atoms with Crippen LogP contribution in [-0.2, 0) is 0 Å². The van der Waals surface area contributed by atoms with E-state index in [-0.39, 0.29) is 12.8 Å². The zero-order valence-corrected chi connectivity index (χ0v) is 14.3. The molecule has 3 nitrogen and oxygen atoms in total. The molecule has 2 aromatic carbocycles. The molecule has 1 heterocycles. The lowest BCUT2D eigenvalue weighted by atomic mass is 9.94. The van der Waals surface area contributed by atoms with Crippen LogP contribution in [0.2, 0.25) is 5.02 Å². The molecule has 0 amide bonds. The van der Waals surface area contributed by atoms with E-state index < -0.39 is 0 Å². The van der Waals surface area contributed by atoms with E-state index in [4.69, 9.17) is 21.1 Å². The Morgan fingerprint density at radius 2 is 1.74 bits per heavy atom. The molecule has 0 fully saturated rings. The van der Waals surface area contributed by atoms with Crippen molar-refractivity contribution in [3.8, 4) is 11.5 Å². The van der Waals surface area contributed by atoms with Gasteiger partial charge >= 0.3 is 0 Å². The SMILES string of the molecule is CC(C=C1c2ccccc2OCOc2cc(Cl)ccc21)N(C)C. The lowest BCUT2D eigenvalue weighted by Gasteiger charge is -2.24. The maximum atomic E-state index is 6.13. The van der Waals surface area contributed by atoms with Gasteiger partial charge in [-0.15, -0.1) is 0 Å². The second kappa shape index (κ2) is 6.65. The zero-order chi connectivity index (χ0) is 16.4. The average Bonchev–Trinajstić information content (AvgIpc) is 2.52. The monoisotopic (exact) mass is 329 g/mol. The van der Waals surface area contributed by atoms with E-state index in [1.165, 1.54) is 0 Å². The second-order valence-electron chi connectivity index (χ2n) is 5.83. The lowest BCUT2D eigenvalue weighted by Crippen LogP contribution is -2.23. The van der Waals surface area contributed by atoms with Crippen LogP contribution in [0.4, 0.5) is 0 Å². The molecule has 23 heavy (non-hydrogen) atoms. The number of hydrogen-bond donors (Lipinski definition) is 0. The number of halogens is 1. The van der Waals surface area contributed by atoms with Gasteiger partial charge in [0.1, 0.15) is 11.5 Å². The molecule has 1 aliphatic heterocycles. The third-order valence-electron chi connectivity index (χ3n) is 4.06. The first-order valence-corrected chi connectivity index (χ1v) is 7.97. The van der Waals surface area contributed by atoms with E-state index in [9.17, 15) is 0 Å². The highest BCUT2D eigenvalue weighted by Crippen LogP contribution is 2.39. The molecule has 0 spiro atoms. The summed E-state index contributed by atoms with van der Waals surface area (Å²) in [4.78, 5) is 2.16. The number of hydrogen-bond acceptors (Lipinski definition) is 3. The van der Waals surface area contributed by atoms with Crippen LogP contribution in [0.25, 0.3) is 5.57 Å². The molecule has 0 radical (unpaired) electrons. The minimum absolute atomic E-state index is 0.168. The fraction of sp³-hybridized carbons (Fsp3) is 0.263. The Bertz CT molecular complexity index is 740. The van der Waals surface area contributed by atoms with Crippen LogP contribution >= 0.6 is 11.6 Å². The highest BCUT2D eigenvalue weighted by atomic mass is 35.5. The topological polar surface area (TPSA) is 21.7 Å². The van der Waals surface area contributed by atoms with E-state index in [2.05, 4.69) is 38.1 Å². The Morgan fingerprint density at radius 1 is 1.04 bits per heavy atom. The minimum Gasteiger partial charge on any atom is -0.457 e. The summed E-state index contributed by atoms with van der Waals surface area (Å²) in [6.45, 7) is 2.33. The molecule has 0 aliphatic carbocycles. The molecule has 1 unspecified atom stereocenters. The number of para-hydroxylation sites is 1. The van der Waals surface area contributed by atoms with Crippen molar-refractivity contribution in [1.29, 1.82) is 0 Å². The third kappa shape index (κ3) is 3.36. The summed E-state index contributed by atoms with van der Waals surface area (Å²) >= 11 is 6.13. The number of rotatable bonds is 2. The predicted molar refractivity (Wildman–Crippen MR) is 94.2 cm³/mol. The van der Waals surface area contributed by atoms with Crippen molar-refractivity contribution in [3.05, 3.63) is 64.7 Å². The lowest BCUT2D eigenvalue weighted by molar-refractivity contribution is 0.118. The molecule has 0 aromatic heterocycles. The first-order valence-electron chi connectivity index (χ1n) is 7.59. The van der Waals surface area contributed by atoms with Crippen molar-refractivity contribution < 1.29 is 9.47 Å². The number of nitrogens with zero attached hydrogens (tertiary/aromatic N) is 1. The van der Waals surface area contributed by atoms with Crippen molar-refractivity contribution in [2.45, 2.75) is 13.0 Å². The molecule has 1 aliphatic rings. The van der Waals surface area contributed by atoms with Crippen LogP contribution in [0, 0.1) is 0 Å². The van der Waals surface area contributed by atoms with E-state index >= 15 is 0 Å². The van der Waals surface area contributed by atoms with E-state index in [1.807, 2.05) is 36.4 Å². The van der Waals surface area contributed by atoms with Crippen molar-refractivity contribution in [1.82, 2.24) is 4.90 Å². The van der Waals surface area contributed by atoms with E-state index in [0.29, 0.717) is 5.02 Å². The van der Waals surface area contributed by atoms with Gasteiger partial charge in [-0.2, -0.15) is 0 Å². The Labute approximate surface area is 142 Å². The Kier molecular flexibility index (Phi) is 4.60. The Hall–Kier alpha value is -1.97. The second-order valence-corrected chi connectivity index (χ2v) is 6.26. The number of benzene rings is 2. The zero-order valence-electron chi connectivity index (χ0n) is 13.5. The van der Waals surface area contributed by atoms with Gasteiger partial charge in [-0.05, 0) is 50.9 Å². The summed E-state index contributed by atoms with van der Waals surface area (Å²) in [5, 5.41) is 0.651. The normalized spacial score (nSPS) is 16.7. The van der Waals surface area contributed by atoms with Crippen LogP contribution in [0.5, 0.6) is 11.5 Å². The van der Waals surface area contributed by atoms with E-state index in [0.717, 1.165) is 28.2 Å². The van der Waals surface area contributed by atoms with Gasteiger partial charge < -0.3 is 14.4 Å². The van der Waals surface area contributed by atoms with Crippen LogP contribution in [0.15, 0.2) is 48.5 Å². The number of likely N-dealkylation sites (N-methyl/N-ethyl adjacent to an activating group) is 1. The summed E-state index contributed by atoms with van der Waals surface area (Å²) in [7, 11) is 4.12. The van der Waals surface area contributed by atoms with Gasteiger partial charge in [0.15, 0.2) is 0 Å². The fourth-order valence-corrected chi connectivity index (χ4v) is 2.69. The first kappa shape index (κ1) is 15.9. The quantitative estimate of drug-likeness (QED) is 0.812. The highest BCUT2D eigenvalue weighted by Gasteiger charge is 2.19. The van der Waals surface area contributed by atoms with Gasteiger partial charge in [0.05, 0.1) is 0 Å². The van der Waals surface area contributed by atoms with Gasteiger partial charge in [-0.25, -0.2) is 0 Å². The summed E-state index contributed by atoms with van der Waals surface area (Å²) in [5.74, 6) is 1.56. The number of ether oxygens (including phenoxy) is 2. The molecule has 4 heteroatoms. The fourth-order valence-electron chi connectivity index (χ4n) is 2.52. The molecule has 0 bridgehead atoms. The van der Waals surface area contributed by atoms with Gasteiger partial charge in [0.25, 0.3) is 0 Å². The largest absolute Gasteiger partial charge is 0.457 e. The van der Waals surface area contributed by atoms with Gasteiger partial charge in [-0.1, -0.05) is 35.9 Å². The molecular formula is C19H20ClNO2. The smallest absolute Gasteiger partial charge is 0.230 e. The first-order chi connectivity index (χ1) is 11.1. The highest BCUT2D eigenvalue weighted by molar-refractivity contribution is 6.30. The van der Waals surface area contributed by atoms with Gasteiger partial charge in [-0.3, -0.25) is 0 Å². The molecule has 0 N–H and O–H groups in total. The molecule has 120 valence electrons. The Balaban J connectivity index is 2.22. The maximum absolute atomic E-state index is 6.13. The van der Waals surface area contributed by atoms with Crippen molar-refractivity contribution in [2.24, 2.45) is 0 Å². The van der Waals surface area contributed by atoms with Crippen LogP contribution in [0.3, 0.4) is 0 Å². The van der Waals surface area contributed by atoms with Crippen molar-refractivity contribution >= 4 is 17.2 Å². The third-order valence-corrected chi connectivity index (χ3v) is 4.30. The van der Waals surface area contributed by atoms with Crippen molar-refractivity contribution in [3.63, 3.8) is 0 Å². The summed E-state index contributed by atoms with van der Waals surface area (Å²) < 4.78 is 11.6. The molecule has 0 saturated carbocycles. The van der Waals surface area contributed by atoms with Gasteiger partial charge in [0, 0.05) is 22.2 Å². The van der Waals surface area contributed by atoms with E-state index in [1.54, 1.807) is 0 Å². The molecule has 0 saturated heterocycles. The standard InChI is InChI=1S/C19H20ClNO2/c1-13(21(2)3)10-17-15-6-4-5-7-18(15)22-12-23-19-11-14(20)8-9-16(17)19/h4-11,13H,12H2,1-3H3. The maximum Gasteiger partial charge on any atom is 0.230 e. The van der Waals surface area contributed by atoms with Gasteiger partial charge in [0.2, 0.25) is 6.79 Å². The molecule has 3 rings (SSSR count). The van der Waals surface area contributed by atoms with Crippen LogP contribution < -0.4 is 9.47 Å². The summed E-state index contributed by atoms with van der Waals surface area (Å²) in [5.41, 5.74) is 3.18. The predicted octanol–water partition coefficient (Wildman–Crippen LogP) is 4.45. The molecule has 2 aromatic rings. The molecular weight excluding hydrogens is 310 g/mol. The Morgan fingerprint density at radius 3 is 2.52 bits per heavy atom. The number of fused-ring (bicyclic) bond motifs is 2. The molecule has 1 atom stereocenters. The van der Waals surface area contributed by atoms with Crippen LogP contribution in [-0.4, -0.2) is 31.8 Å². The summed E-state index contributed by atoms with van der Waals surface area (Å²) in [6.07, 6.45) is 2.23. The van der Waals surface area contributed by atoms with Crippen molar-refractivity contribution in [2.75, 3.05) is 20.9 Å². The summed E-state index contributed by atoms with van der Waals surface area (Å²) in [6, 6.07) is 14.0.